The first-order valence-corrected chi connectivity index (χ1v) is 10.2. The maximum Gasteiger partial charge on any atom is 0.267 e. The van der Waals surface area contributed by atoms with Gasteiger partial charge in [-0.15, -0.1) is 0 Å². The van der Waals surface area contributed by atoms with E-state index in [1.54, 1.807) is 12.3 Å². The fourth-order valence-electron chi connectivity index (χ4n) is 4.23. The molecule has 0 bridgehead atoms. The predicted molar refractivity (Wildman–Crippen MR) is 115 cm³/mol. The molecule has 0 spiro atoms. The fraction of sp³-hybridized carbons (Fsp3) is 0.318. The van der Waals surface area contributed by atoms with Crippen LogP contribution in [0.1, 0.15) is 23.3 Å². The second kappa shape index (κ2) is 7.46. The number of benzene rings is 1. The lowest BCUT2D eigenvalue weighted by molar-refractivity contribution is 0.0996. The van der Waals surface area contributed by atoms with Crippen molar-refractivity contribution in [2.24, 2.45) is 18.7 Å². The van der Waals surface area contributed by atoms with Crippen molar-refractivity contribution < 1.29 is 9.53 Å². The van der Waals surface area contributed by atoms with E-state index in [2.05, 4.69) is 37.2 Å². The van der Waals surface area contributed by atoms with Gasteiger partial charge in [-0.1, -0.05) is 0 Å². The molecule has 1 aliphatic rings. The molecule has 1 fully saturated rings. The van der Waals surface area contributed by atoms with Gasteiger partial charge in [-0.2, -0.15) is 5.10 Å². The highest BCUT2D eigenvalue weighted by Gasteiger charge is 2.18. The van der Waals surface area contributed by atoms with Crippen molar-refractivity contribution >= 4 is 27.8 Å². The van der Waals surface area contributed by atoms with Crippen LogP contribution in [0, 0.1) is 5.92 Å². The molecule has 8 nitrogen and oxygen atoms in total. The third-order valence-corrected chi connectivity index (χ3v) is 5.81. The molecule has 4 N–H and O–H groups in total. The van der Waals surface area contributed by atoms with Gasteiger partial charge in [0, 0.05) is 47.6 Å². The molecule has 5 rings (SSSR count). The monoisotopic (exact) mass is 404 g/mol. The minimum absolute atomic E-state index is 0.205. The van der Waals surface area contributed by atoms with Gasteiger partial charge in [0.1, 0.15) is 11.4 Å². The maximum absolute atomic E-state index is 11.8. The Hall–Kier alpha value is -3.39. The smallest absolute Gasteiger partial charge is 0.267 e. The van der Waals surface area contributed by atoms with Crippen LogP contribution in [-0.4, -0.2) is 45.4 Å². The van der Waals surface area contributed by atoms with Crippen LogP contribution in [0.4, 0.5) is 0 Å². The number of rotatable bonds is 5. The molecule has 0 saturated carbocycles. The van der Waals surface area contributed by atoms with Crippen molar-refractivity contribution in [1.29, 1.82) is 0 Å². The Kier molecular flexibility index (Phi) is 4.63. The lowest BCUT2D eigenvalue weighted by Crippen LogP contribution is -2.33. The van der Waals surface area contributed by atoms with Crippen LogP contribution in [0.15, 0.2) is 36.7 Å². The van der Waals surface area contributed by atoms with Crippen LogP contribution in [-0.2, 0) is 7.05 Å². The van der Waals surface area contributed by atoms with E-state index in [1.807, 2.05) is 19.3 Å². The summed E-state index contributed by atoms with van der Waals surface area (Å²) in [5.74, 6) is 0.805. The number of amides is 1. The fourth-order valence-corrected chi connectivity index (χ4v) is 4.23. The summed E-state index contributed by atoms with van der Waals surface area (Å²) in [7, 11) is 2.00. The SMILES string of the molecule is Cn1cc(-c2cc(C(N)=O)nc3[nH]ncc23)c2cc(OCC3CCCNC3)ccc21. The van der Waals surface area contributed by atoms with E-state index in [0.717, 1.165) is 46.3 Å². The Balaban J connectivity index is 1.57. The zero-order valence-electron chi connectivity index (χ0n) is 16.8. The molecule has 1 unspecified atom stereocenters. The Morgan fingerprint density at radius 3 is 3.00 bits per heavy atom. The quantitative estimate of drug-likeness (QED) is 0.473. The molecule has 30 heavy (non-hydrogen) atoms. The summed E-state index contributed by atoms with van der Waals surface area (Å²) in [5, 5.41) is 12.2. The topological polar surface area (TPSA) is 111 Å². The number of piperidine rings is 1. The number of fused-ring (bicyclic) bond motifs is 2. The second-order valence-corrected chi connectivity index (χ2v) is 7.91. The zero-order valence-corrected chi connectivity index (χ0v) is 16.8. The number of nitrogens with one attached hydrogen (secondary N) is 2. The Morgan fingerprint density at radius 1 is 1.30 bits per heavy atom. The summed E-state index contributed by atoms with van der Waals surface area (Å²) in [5.41, 5.74) is 9.17. The number of hydrogen-bond donors (Lipinski definition) is 3. The molecular formula is C22H24N6O2. The highest BCUT2D eigenvalue weighted by molar-refractivity contribution is 6.06. The lowest BCUT2D eigenvalue weighted by atomic mass is 10.0. The molecular weight excluding hydrogens is 380 g/mol. The molecule has 1 atom stereocenters. The van der Waals surface area contributed by atoms with Gasteiger partial charge in [-0.05, 0) is 49.2 Å². The number of nitrogens with two attached hydrogens (primary N) is 1. The van der Waals surface area contributed by atoms with Crippen molar-refractivity contribution in [3.05, 3.63) is 42.4 Å². The number of aromatic nitrogens is 4. The number of hydrogen-bond acceptors (Lipinski definition) is 5. The molecule has 154 valence electrons. The molecule has 0 aliphatic carbocycles. The molecule has 4 heterocycles. The summed E-state index contributed by atoms with van der Waals surface area (Å²) in [6.45, 7) is 2.80. The summed E-state index contributed by atoms with van der Waals surface area (Å²) in [6.07, 6.45) is 6.15. The summed E-state index contributed by atoms with van der Waals surface area (Å²) in [6, 6.07) is 7.88. The lowest BCUT2D eigenvalue weighted by Gasteiger charge is -2.22. The van der Waals surface area contributed by atoms with Crippen LogP contribution in [0.5, 0.6) is 5.75 Å². The van der Waals surface area contributed by atoms with Crippen molar-refractivity contribution in [2.45, 2.75) is 12.8 Å². The maximum atomic E-state index is 11.8. The number of ether oxygens (including phenoxy) is 1. The van der Waals surface area contributed by atoms with E-state index in [9.17, 15) is 4.79 Å². The minimum Gasteiger partial charge on any atom is -0.493 e. The van der Waals surface area contributed by atoms with E-state index in [4.69, 9.17) is 10.5 Å². The average molecular weight is 404 g/mol. The molecule has 1 saturated heterocycles. The molecule has 0 radical (unpaired) electrons. The van der Waals surface area contributed by atoms with Gasteiger partial charge in [0.05, 0.1) is 12.8 Å². The second-order valence-electron chi connectivity index (χ2n) is 7.91. The number of carbonyl (C=O) groups is 1. The van der Waals surface area contributed by atoms with E-state index >= 15 is 0 Å². The van der Waals surface area contributed by atoms with Gasteiger partial charge in [-0.25, -0.2) is 4.98 Å². The highest BCUT2D eigenvalue weighted by atomic mass is 16.5. The first-order valence-electron chi connectivity index (χ1n) is 10.2. The van der Waals surface area contributed by atoms with Crippen LogP contribution >= 0.6 is 0 Å². The summed E-state index contributed by atoms with van der Waals surface area (Å²) >= 11 is 0. The van der Waals surface area contributed by atoms with Gasteiger partial charge >= 0.3 is 0 Å². The molecule has 1 aliphatic heterocycles. The van der Waals surface area contributed by atoms with Gasteiger partial charge < -0.3 is 20.4 Å². The Morgan fingerprint density at radius 2 is 2.20 bits per heavy atom. The van der Waals surface area contributed by atoms with Crippen molar-refractivity contribution in [3.8, 4) is 16.9 Å². The predicted octanol–water partition coefficient (Wildman–Crippen LogP) is 2.59. The first kappa shape index (κ1) is 18.6. The third kappa shape index (κ3) is 3.29. The standard InChI is InChI=1S/C22H24N6O2/c1-28-11-18(15-8-19(21(23)29)26-22-17(15)10-25-27-22)16-7-14(4-5-20(16)28)30-12-13-3-2-6-24-9-13/h4-5,7-8,10-11,13,24H,2-3,6,9,12H2,1H3,(H2,23,29)(H,25,26,27). The number of nitrogens with zero attached hydrogens (tertiary/aromatic N) is 3. The third-order valence-electron chi connectivity index (χ3n) is 5.81. The van der Waals surface area contributed by atoms with Crippen molar-refractivity contribution in [3.63, 3.8) is 0 Å². The van der Waals surface area contributed by atoms with Crippen LogP contribution in [0.2, 0.25) is 0 Å². The van der Waals surface area contributed by atoms with E-state index in [-0.39, 0.29) is 5.69 Å². The van der Waals surface area contributed by atoms with E-state index in [1.165, 1.54) is 12.8 Å². The normalized spacial score (nSPS) is 16.9. The number of primary amides is 1. The van der Waals surface area contributed by atoms with Crippen LogP contribution in [0.3, 0.4) is 0 Å². The Labute approximate surface area is 173 Å². The first-order chi connectivity index (χ1) is 14.6. The average Bonchev–Trinajstić information content (AvgIpc) is 3.36. The van der Waals surface area contributed by atoms with E-state index in [0.29, 0.717) is 18.2 Å². The molecule has 8 heteroatoms. The summed E-state index contributed by atoms with van der Waals surface area (Å²) in [4.78, 5) is 16.1. The number of aromatic amines is 1. The highest BCUT2D eigenvalue weighted by Crippen LogP contribution is 2.36. The van der Waals surface area contributed by atoms with Gasteiger partial charge in [-0.3, -0.25) is 9.89 Å². The van der Waals surface area contributed by atoms with Crippen molar-refractivity contribution in [2.75, 3.05) is 19.7 Å². The molecule has 1 amide bonds. The van der Waals surface area contributed by atoms with Gasteiger partial charge in [0.15, 0.2) is 5.65 Å². The minimum atomic E-state index is -0.571. The number of carbonyl (C=O) groups excluding carboxylic acids is 1. The molecule has 4 aromatic rings. The van der Waals surface area contributed by atoms with Crippen LogP contribution < -0.4 is 15.8 Å². The van der Waals surface area contributed by atoms with Gasteiger partial charge in [0.2, 0.25) is 0 Å². The zero-order chi connectivity index (χ0) is 20.7. The summed E-state index contributed by atoms with van der Waals surface area (Å²) < 4.78 is 8.20. The van der Waals surface area contributed by atoms with E-state index < -0.39 is 5.91 Å². The number of pyridine rings is 1. The van der Waals surface area contributed by atoms with Crippen molar-refractivity contribution in [1.82, 2.24) is 25.1 Å². The van der Waals surface area contributed by atoms with Gasteiger partial charge in [0.25, 0.3) is 5.91 Å². The largest absolute Gasteiger partial charge is 0.493 e. The Bertz CT molecular complexity index is 1240. The molecule has 1 aromatic carbocycles. The molecule has 3 aromatic heterocycles. The number of H-pyrrole nitrogens is 1. The van der Waals surface area contributed by atoms with Crippen LogP contribution in [0.25, 0.3) is 33.1 Å². The number of aryl methyl sites for hydroxylation is 1.